The highest BCUT2D eigenvalue weighted by molar-refractivity contribution is 9.10. The third-order valence-electron chi connectivity index (χ3n) is 3.73. The maximum Gasteiger partial charge on any atom is 0.133 e. The normalized spacial score (nSPS) is 22.3. The van der Waals surface area contributed by atoms with E-state index in [1.807, 2.05) is 6.20 Å². The van der Waals surface area contributed by atoms with Crippen LogP contribution in [-0.4, -0.2) is 50.5 Å². The van der Waals surface area contributed by atoms with Crippen LogP contribution in [0.5, 0.6) is 0 Å². The molecule has 1 fully saturated rings. The molecule has 1 N–H and O–H groups in total. The van der Waals surface area contributed by atoms with Gasteiger partial charge in [0.2, 0.25) is 0 Å². The Morgan fingerprint density at radius 3 is 2.48 bits per heavy atom. The number of nitrogens with zero attached hydrogens (tertiary/aromatic N) is 2. The Hall–Kier alpha value is -0.690. The zero-order valence-electron chi connectivity index (χ0n) is 13.1. The first kappa shape index (κ1) is 16.7. The summed E-state index contributed by atoms with van der Waals surface area (Å²) in [6, 6.07) is 2.56. The number of ether oxygens (including phenoxy) is 2. The predicted octanol–water partition coefficient (Wildman–Crippen LogP) is 2.19. The first-order chi connectivity index (χ1) is 10.0. The van der Waals surface area contributed by atoms with E-state index in [0.29, 0.717) is 6.04 Å². The molecule has 6 heteroatoms. The molecule has 2 unspecified atom stereocenters. The number of hydrogen-bond acceptors (Lipinski definition) is 5. The van der Waals surface area contributed by atoms with E-state index in [0.717, 1.165) is 29.9 Å². The van der Waals surface area contributed by atoms with Crippen LogP contribution in [0.1, 0.15) is 19.4 Å². The van der Waals surface area contributed by atoms with E-state index in [1.165, 1.54) is 5.56 Å². The van der Waals surface area contributed by atoms with Gasteiger partial charge in [0.1, 0.15) is 18.0 Å². The van der Waals surface area contributed by atoms with Gasteiger partial charge in [-0.3, -0.25) is 0 Å². The Morgan fingerprint density at radius 1 is 1.33 bits per heavy atom. The van der Waals surface area contributed by atoms with Gasteiger partial charge in [0.05, 0.1) is 0 Å². The van der Waals surface area contributed by atoms with E-state index in [2.05, 4.69) is 51.0 Å². The minimum Gasteiger partial charge on any atom is -0.377 e. The average Bonchev–Trinajstić information content (AvgIpc) is 2.88. The minimum atomic E-state index is 0.0892. The minimum absolute atomic E-state index is 0.0892. The van der Waals surface area contributed by atoms with Gasteiger partial charge in [0, 0.05) is 56.1 Å². The summed E-state index contributed by atoms with van der Waals surface area (Å²) in [6.45, 7) is 6.69. The van der Waals surface area contributed by atoms with Crippen LogP contribution in [-0.2, 0) is 16.0 Å². The van der Waals surface area contributed by atoms with Crippen molar-refractivity contribution in [1.82, 2.24) is 10.3 Å². The maximum absolute atomic E-state index is 5.51. The fourth-order valence-electron chi connectivity index (χ4n) is 2.57. The Kier molecular flexibility index (Phi) is 5.98. The van der Waals surface area contributed by atoms with Crippen molar-refractivity contribution in [2.75, 3.05) is 32.2 Å². The molecule has 118 valence electrons. The van der Waals surface area contributed by atoms with Crippen molar-refractivity contribution in [3.63, 3.8) is 0 Å². The molecule has 2 heterocycles. The molecule has 0 aliphatic carbocycles. The van der Waals surface area contributed by atoms with E-state index in [4.69, 9.17) is 9.47 Å². The highest BCUT2D eigenvalue weighted by Crippen LogP contribution is 2.27. The molecule has 21 heavy (non-hydrogen) atoms. The van der Waals surface area contributed by atoms with Crippen molar-refractivity contribution in [3.05, 3.63) is 22.3 Å². The van der Waals surface area contributed by atoms with Crippen molar-refractivity contribution in [2.24, 2.45) is 0 Å². The maximum atomic E-state index is 5.51. The second-order valence-corrected chi connectivity index (χ2v) is 6.54. The number of methoxy groups -OCH3 is 2. The van der Waals surface area contributed by atoms with Gasteiger partial charge < -0.3 is 19.7 Å². The lowest BCUT2D eigenvalue weighted by Gasteiger charge is -2.21. The van der Waals surface area contributed by atoms with Gasteiger partial charge in [0.25, 0.3) is 0 Å². The Bertz CT molecular complexity index is 458. The first-order valence-corrected chi connectivity index (χ1v) is 8.02. The SMILES string of the molecule is COC1CN(c2ncc(Br)cc2CNC(C)C)CC1OC. The second-order valence-electron chi connectivity index (χ2n) is 5.63. The molecule has 0 aromatic carbocycles. The molecule has 0 bridgehead atoms. The zero-order valence-corrected chi connectivity index (χ0v) is 14.7. The average molecular weight is 358 g/mol. The summed E-state index contributed by atoms with van der Waals surface area (Å²) in [6.07, 6.45) is 2.02. The lowest BCUT2D eigenvalue weighted by atomic mass is 10.2. The Morgan fingerprint density at radius 2 is 1.95 bits per heavy atom. The summed E-state index contributed by atoms with van der Waals surface area (Å²) in [7, 11) is 3.47. The molecular weight excluding hydrogens is 334 g/mol. The van der Waals surface area contributed by atoms with Crippen LogP contribution >= 0.6 is 15.9 Å². The van der Waals surface area contributed by atoms with E-state index >= 15 is 0 Å². The van der Waals surface area contributed by atoms with Gasteiger partial charge in [-0.25, -0.2) is 4.98 Å². The summed E-state index contributed by atoms with van der Waals surface area (Å²) in [5, 5.41) is 3.45. The monoisotopic (exact) mass is 357 g/mol. The molecular formula is C15H24BrN3O2. The number of anilines is 1. The molecule has 0 amide bonds. The lowest BCUT2D eigenvalue weighted by molar-refractivity contribution is -0.00461. The second kappa shape index (κ2) is 7.54. The van der Waals surface area contributed by atoms with Crippen LogP contribution in [0.3, 0.4) is 0 Å². The van der Waals surface area contributed by atoms with Crippen LogP contribution in [0.2, 0.25) is 0 Å². The molecule has 1 saturated heterocycles. The Balaban J connectivity index is 2.19. The molecule has 2 atom stereocenters. The molecule has 1 aromatic rings. The van der Waals surface area contributed by atoms with Gasteiger partial charge >= 0.3 is 0 Å². The molecule has 0 spiro atoms. The number of hydrogen-bond donors (Lipinski definition) is 1. The molecule has 1 aliphatic heterocycles. The van der Waals surface area contributed by atoms with Crippen LogP contribution in [0.4, 0.5) is 5.82 Å². The Labute approximate surface area is 135 Å². The molecule has 1 aromatic heterocycles. The summed E-state index contributed by atoms with van der Waals surface area (Å²) >= 11 is 3.50. The molecule has 0 radical (unpaired) electrons. The molecule has 2 rings (SSSR count). The van der Waals surface area contributed by atoms with Crippen molar-refractivity contribution in [3.8, 4) is 0 Å². The highest BCUT2D eigenvalue weighted by Gasteiger charge is 2.34. The predicted molar refractivity (Wildman–Crippen MR) is 87.7 cm³/mol. The summed E-state index contributed by atoms with van der Waals surface area (Å²) in [4.78, 5) is 6.85. The third-order valence-corrected chi connectivity index (χ3v) is 4.16. The smallest absolute Gasteiger partial charge is 0.133 e. The quantitative estimate of drug-likeness (QED) is 0.845. The van der Waals surface area contributed by atoms with Crippen LogP contribution in [0.25, 0.3) is 0 Å². The van der Waals surface area contributed by atoms with Gasteiger partial charge in [-0.2, -0.15) is 0 Å². The van der Waals surface area contributed by atoms with Crippen molar-refractivity contribution in [1.29, 1.82) is 0 Å². The van der Waals surface area contributed by atoms with Gasteiger partial charge in [0.15, 0.2) is 0 Å². The van der Waals surface area contributed by atoms with E-state index in [-0.39, 0.29) is 12.2 Å². The van der Waals surface area contributed by atoms with Crippen LogP contribution < -0.4 is 10.2 Å². The summed E-state index contributed by atoms with van der Waals surface area (Å²) in [5.74, 6) is 1.01. The van der Waals surface area contributed by atoms with Crippen molar-refractivity contribution in [2.45, 2.75) is 38.6 Å². The number of halogens is 1. The van der Waals surface area contributed by atoms with Crippen molar-refractivity contribution >= 4 is 21.7 Å². The highest BCUT2D eigenvalue weighted by atomic mass is 79.9. The standard InChI is InChI=1S/C15H24BrN3O2/c1-10(2)17-6-11-5-12(16)7-18-15(11)19-8-13(20-3)14(9-19)21-4/h5,7,10,13-14,17H,6,8-9H2,1-4H3. The van der Waals surface area contributed by atoms with Gasteiger partial charge in [-0.05, 0) is 22.0 Å². The van der Waals surface area contributed by atoms with E-state index in [9.17, 15) is 0 Å². The number of rotatable bonds is 6. The summed E-state index contributed by atoms with van der Waals surface area (Å²) < 4.78 is 12.0. The zero-order chi connectivity index (χ0) is 15.4. The topological polar surface area (TPSA) is 46.6 Å². The molecule has 0 saturated carbocycles. The molecule has 5 nitrogen and oxygen atoms in total. The van der Waals surface area contributed by atoms with Crippen LogP contribution in [0, 0.1) is 0 Å². The number of pyridine rings is 1. The van der Waals surface area contributed by atoms with Crippen molar-refractivity contribution < 1.29 is 9.47 Å². The fourth-order valence-corrected chi connectivity index (χ4v) is 2.95. The fraction of sp³-hybridized carbons (Fsp3) is 0.667. The van der Waals surface area contributed by atoms with Gasteiger partial charge in [-0.1, -0.05) is 13.8 Å². The first-order valence-electron chi connectivity index (χ1n) is 7.23. The van der Waals surface area contributed by atoms with Gasteiger partial charge in [-0.15, -0.1) is 0 Å². The number of nitrogens with one attached hydrogen (secondary N) is 1. The van der Waals surface area contributed by atoms with E-state index in [1.54, 1.807) is 14.2 Å². The molecule has 1 aliphatic rings. The van der Waals surface area contributed by atoms with Crippen LogP contribution in [0.15, 0.2) is 16.7 Å². The lowest BCUT2D eigenvalue weighted by Crippen LogP contribution is -2.27. The van der Waals surface area contributed by atoms with E-state index < -0.39 is 0 Å². The summed E-state index contributed by atoms with van der Waals surface area (Å²) in [5.41, 5.74) is 1.18. The number of aromatic nitrogens is 1. The third kappa shape index (κ3) is 4.16. The largest absolute Gasteiger partial charge is 0.377 e.